The number of thiophene rings is 1. The summed E-state index contributed by atoms with van der Waals surface area (Å²) < 4.78 is 7.35. The van der Waals surface area contributed by atoms with Gasteiger partial charge in [0.1, 0.15) is 11.1 Å². The summed E-state index contributed by atoms with van der Waals surface area (Å²) in [4.78, 5) is 32.1. The number of anilines is 1. The molecule has 0 saturated heterocycles. The lowest BCUT2D eigenvalue weighted by molar-refractivity contribution is 0.0984. The van der Waals surface area contributed by atoms with E-state index in [2.05, 4.69) is 26.0 Å². The third kappa shape index (κ3) is 4.07. The molecule has 0 N–H and O–H groups in total. The molecular formula is C26H14BrN3O3S2. The van der Waals surface area contributed by atoms with Gasteiger partial charge in [-0.05, 0) is 52.6 Å². The van der Waals surface area contributed by atoms with Gasteiger partial charge in [0.2, 0.25) is 5.13 Å². The van der Waals surface area contributed by atoms with Gasteiger partial charge in [-0.2, -0.15) is 10.1 Å². The van der Waals surface area contributed by atoms with Crippen LogP contribution in [0.1, 0.15) is 15.2 Å². The van der Waals surface area contributed by atoms with Gasteiger partial charge in [-0.3, -0.25) is 4.79 Å². The molecule has 0 aliphatic rings. The van der Waals surface area contributed by atoms with Gasteiger partial charge in [0.15, 0.2) is 0 Å². The molecule has 35 heavy (non-hydrogen) atoms. The van der Waals surface area contributed by atoms with E-state index in [1.54, 1.807) is 18.3 Å². The predicted octanol–water partition coefficient (Wildman–Crippen LogP) is 7.06. The smallest absolute Gasteiger partial charge is 0.349 e. The Balaban J connectivity index is 1.52. The molecule has 0 fully saturated rings. The summed E-state index contributed by atoms with van der Waals surface area (Å²) in [6.45, 7) is 0. The number of carbonyl (C=O) groups is 1. The zero-order chi connectivity index (χ0) is 23.9. The second-order valence-electron chi connectivity index (χ2n) is 7.63. The van der Waals surface area contributed by atoms with Crippen LogP contribution < -0.4 is 10.6 Å². The number of hydrogen-bond acceptors (Lipinski definition) is 7. The number of fused-ring (bicyclic) bond motifs is 4. The van der Waals surface area contributed by atoms with E-state index in [4.69, 9.17) is 4.42 Å². The lowest BCUT2D eigenvalue weighted by Crippen LogP contribution is -2.30. The van der Waals surface area contributed by atoms with Crippen LogP contribution in [0.2, 0.25) is 0 Å². The lowest BCUT2D eigenvalue weighted by atomic mass is 10.0. The first-order chi connectivity index (χ1) is 17.1. The van der Waals surface area contributed by atoms with Crippen LogP contribution in [0, 0.1) is 0 Å². The van der Waals surface area contributed by atoms with Crippen LogP contribution in [0.3, 0.4) is 0 Å². The third-order valence-electron chi connectivity index (χ3n) is 5.43. The summed E-state index contributed by atoms with van der Waals surface area (Å²) in [5.74, 6) is -0.612. The number of halogens is 1. The minimum atomic E-state index is -0.724. The Morgan fingerprint density at radius 2 is 1.91 bits per heavy atom. The van der Waals surface area contributed by atoms with E-state index in [-0.39, 0.29) is 5.56 Å². The highest BCUT2D eigenvalue weighted by molar-refractivity contribution is 9.10. The summed E-state index contributed by atoms with van der Waals surface area (Å²) >= 11 is 6.27. The van der Waals surface area contributed by atoms with Gasteiger partial charge in [0.25, 0.3) is 5.91 Å². The largest absolute Gasteiger partial charge is 0.422 e. The molecule has 0 unspecified atom stereocenters. The Hall–Kier alpha value is -3.66. The van der Waals surface area contributed by atoms with Crippen molar-refractivity contribution >= 4 is 87.8 Å². The van der Waals surface area contributed by atoms with E-state index in [9.17, 15) is 9.59 Å². The van der Waals surface area contributed by atoms with Crippen molar-refractivity contribution in [3.8, 4) is 0 Å². The van der Waals surface area contributed by atoms with Crippen LogP contribution in [0.4, 0.5) is 5.13 Å². The van der Waals surface area contributed by atoms with Gasteiger partial charge in [-0.15, -0.1) is 11.3 Å². The summed E-state index contributed by atoms with van der Waals surface area (Å²) in [6, 6.07) is 22.4. The third-order valence-corrected chi connectivity index (χ3v) is 7.72. The van der Waals surface area contributed by atoms with Crippen molar-refractivity contribution in [2.24, 2.45) is 5.10 Å². The minimum absolute atomic E-state index is 0.113. The van der Waals surface area contributed by atoms with Gasteiger partial charge >= 0.3 is 5.63 Å². The number of rotatable bonds is 4. The Morgan fingerprint density at radius 3 is 2.77 bits per heavy atom. The van der Waals surface area contributed by atoms with Gasteiger partial charge in [0.05, 0.1) is 16.4 Å². The molecule has 6 rings (SSSR count). The van der Waals surface area contributed by atoms with E-state index in [1.165, 1.54) is 27.7 Å². The van der Waals surface area contributed by atoms with Crippen LogP contribution in [0.25, 0.3) is 32.0 Å². The van der Waals surface area contributed by atoms with Gasteiger partial charge in [0, 0.05) is 14.7 Å². The van der Waals surface area contributed by atoms with Gasteiger partial charge in [-0.25, -0.2) is 9.78 Å². The first kappa shape index (κ1) is 21.8. The van der Waals surface area contributed by atoms with E-state index in [0.717, 1.165) is 30.3 Å². The number of benzene rings is 3. The van der Waals surface area contributed by atoms with E-state index in [0.29, 0.717) is 16.1 Å². The summed E-state index contributed by atoms with van der Waals surface area (Å²) in [5.41, 5.74) is 0.313. The molecule has 0 atom stereocenters. The van der Waals surface area contributed by atoms with E-state index < -0.39 is 11.5 Å². The highest BCUT2D eigenvalue weighted by Crippen LogP contribution is 2.32. The standard InChI is InChI=1S/C26H14BrN3O3S2/c27-16-8-9-21-23(12-16)35-26(29-21)30(28-14-17-5-3-11-34-17)24(31)20-13-19-18-6-2-1-4-15(18)7-10-22(19)33-25(20)32/h1-14H/b28-14+. The monoisotopic (exact) mass is 559 g/mol. The maximum Gasteiger partial charge on any atom is 0.349 e. The average molecular weight is 560 g/mol. The molecule has 1 amide bonds. The number of thiazole rings is 1. The molecule has 6 nitrogen and oxygen atoms in total. The fourth-order valence-corrected chi connectivity index (χ4v) is 5.83. The molecule has 0 aliphatic carbocycles. The highest BCUT2D eigenvalue weighted by Gasteiger charge is 2.25. The topological polar surface area (TPSA) is 75.8 Å². The van der Waals surface area contributed by atoms with Crippen LogP contribution in [-0.4, -0.2) is 17.1 Å². The predicted molar refractivity (Wildman–Crippen MR) is 146 cm³/mol. The number of hydrazone groups is 1. The van der Waals surface area contributed by atoms with Crippen molar-refractivity contribution in [2.45, 2.75) is 0 Å². The van der Waals surface area contributed by atoms with Crippen LogP contribution >= 0.6 is 38.6 Å². The number of hydrogen-bond donors (Lipinski definition) is 0. The molecular weight excluding hydrogens is 546 g/mol. The number of aromatic nitrogens is 1. The first-order valence-electron chi connectivity index (χ1n) is 10.5. The van der Waals surface area contributed by atoms with Gasteiger partial charge < -0.3 is 4.42 Å². The van der Waals surface area contributed by atoms with E-state index >= 15 is 0 Å². The molecule has 9 heteroatoms. The highest BCUT2D eigenvalue weighted by atomic mass is 79.9. The lowest BCUT2D eigenvalue weighted by Gasteiger charge is -2.13. The molecule has 0 spiro atoms. The fraction of sp³-hybridized carbons (Fsp3) is 0. The Kier molecular flexibility index (Phi) is 5.52. The maximum absolute atomic E-state index is 13.8. The summed E-state index contributed by atoms with van der Waals surface area (Å²) in [7, 11) is 0. The molecule has 0 bridgehead atoms. The Bertz CT molecular complexity index is 1820. The minimum Gasteiger partial charge on any atom is -0.422 e. The fourth-order valence-electron chi connectivity index (χ4n) is 3.78. The summed E-state index contributed by atoms with van der Waals surface area (Å²) in [5, 5.41) is 10.4. The first-order valence-corrected chi connectivity index (χ1v) is 13.0. The van der Waals surface area contributed by atoms with Crippen molar-refractivity contribution in [3.05, 3.63) is 104 Å². The number of nitrogens with zero attached hydrogens (tertiary/aromatic N) is 3. The molecule has 3 aromatic heterocycles. The average Bonchev–Trinajstić information content (AvgIpc) is 3.53. The van der Waals surface area contributed by atoms with Gasteiger partial charge in [-0.1, -0.05) is 63.7 Å². The van der Waals surface area contributed by atoms with Crippen molar-refractivity contribution in [1.82, 2.24) is 4.98 Å². The van der Waals surface area contributed by atoms with Crippen molar-refractivity contribution in [3.63, 3.8) is 0 Å². The number of carbonyl (C=O) groups excluding carboxylic acids is 1. The van der Waals surface area contributed by atoms with E-state index in [1.807, 2.05) is 66.0 Å². The quantitative estimate of drug-likeness (QED) is 0.100. The van der Waals surface area contributed by atoms with Crippen LogP contribution in [-0.2, 0) is 0 Å². The van der Waals surface area contributed by atoms with Crippen molar-refractivity contribution < 1.29 is 9.21 Å². The van der Waals surface area contributed by atoms with Crippen molar-refractivity contribution in [2.75, 3.05) is 5.01 Å². The molecule has 3 aromatic carbocycles. The molecule has 6 aromatic rings. The summed E-state index contributed by atoms with van der Waals surface area (Å²) in [6.07, 6.45) is 1.59. The molecule has 3 heterocycles. The second kappa shape index (κ2) is 8.84. The van der Waals surface area contributed by atoms with Crippen LogP contribution in [0.5, 0.6) is 0 Å². The maximum atomic E-state index is 13.8. The zero-order valence-electron chi connectivity index (χ0n) is 17.8. The normalized spacial score (nSPS) is 11.7. The molecule has 0 radical (unpaired) electrons. The molecule has 0 saturated carbocycles. The molecule has 0 aliphatic heterocycles. The Labute approximate surface area is 214 Å². The molecule has 170 valence electrons. The second-order valence-corrected chi connectivity index (χ2v) is 10.5. The van der Waals surface area contributed by atoms with Crippen LogP contribution in [0.15, 0.2) is 97.0 Å². The SMILES string of the molecule is O=C(c1cc2c(ccc3ccccc32)oc1=O)N(/N=C/c1cccs1)c1nc2ccc(Br)cc2s1. The number of amides is 1. The Morgan fingerprint density at radius 1 is 1.03 bits per heavy atom. The van der Waals surface area contributed by atoms with Crippen molar-refractivity contribution in [1.29, 1.82) is 0 Å². The zero-order valence-corrected chi connectivity index (χ0v) is 21.1.